The van der Waals surface area contributed by atoms with Gasteiger partial charge in [-0.3, -0.25) is 25.1 Å². The minimum Gasteiger partial charge on any atom is -0.325 e. The summed E-state index contributed by atoms with van der Waals surface area (Å²) in [6.07, 6.45) is 0. The van der Waals surface area contributed by atoms with Crippen LogP contribution in [0, 0.1) is 11.2 Å². The Kier molecular flexibility index (Phi) is 6.06. The van der Waals surface area contributed by atoms with E-state index in [1.54, 1.807) is 17.5 Å². The Morgan fingerprint density at radius 3 is 2.68 bits per heavy atom. The molecule has 0 saturated heterocycles. The summed E-state index contributed by atoms with van der Waals surface area (Å²) in [5.41, 5.74) is 0.0365. The van der Waals surface area contributed by atoms with Crippen molar-refractivity contribution in [3.05, 3.63) is 52.5 Å². The molecule has 0 bridgehead atoms. The average Bonchev–Trinajstić information content (AvgIpc) is 3.20. The second-order valence-electron chi connectivity index (χ2n) is 5.31. The number of carbonyl (C=O) groups excluding carboxylic acids is 3. The van der Waals surface area contributed by atoms with Crippen LogP contribution in [0.25, 0.3) is 0 Å². The highest BCUT2D eigenvalue weighted by Gasteiger charge is 2.26. The molecule has 0 saturated carbocycles. The molecule has 1 aliphatic heterocycles. The van der Waals surface area contributed by atoms with Gasteiger partial charge in [0.05, 0.1) is 10.6 Å². The number of anilines is 1. The monoisotopic (exact) mass is 417 g/mol. The van der Waals surface area contributed by atoms with Gasteiger partial charge in [-0.2, -0.15) is 4.99 Å². The standard InChI is InChI=1S/C17H12FN5O3S2/c18-9-3-5-10(6-4-9)20-12(24)8-28-17-22-14(19)13(16(26)23-17)21-15(25)11-2-1-7-27-11/h1-7H,8H2,(H,20,24)(H2,19,22,23,26). The molecule has 2 heterocycles. The van der Waals surface area contributed by atoms with Crippen molar-refractivity contribution in [3.63, 3.8) is 0 Å². The van der Waals surface area contributed by atoms with E-state index in [1.807, 2.05) is 0 Å². The number of benzene rings is 1. The molecule has 3 amide bonds. The zero-order valence-electron chi connectivity index (χ0n) is 14.1. The highest BCUT2D eigenvalue weighted by atomic mass is 32.2. The molecule has 0 fully saturated rings. The Balaban J connectivity index is 1.59. The summed E-state index contributed by atoms with van der Waals surface area (Å²) >= 11 is 2.08. The number of halogens is 1. The van der Waals surface area contributed by atoms with E-state index < -0.39 is 35.1 Å². The molecular weight excluding hydrogens is 405 g/mol. The van der Waals surface area contributed by atoms with Gasteiger partial charge in [0.15, 0.2) is 16.7 Å². The van der Waals surface area contributed by atoms with Crippen LogP contribution in [-0.4, -0.2) is 40.2 Å². The van der Waals surface area contributed by atoms with Crippen LogP contribution in [0.15, 0.2) is 51.8 Å². The molecule has 142 valence electrons. The third kappa shape index (κ3) is 4.96. The van der Waals surface area contributed by atoms with Crippen molar-refractivity contribution >= 4 is 63.2 Å². The number of rotatable bonds is 4. The molecule has 0 unspecified atom stereocenters. The predicted octanol–water partition coefficient (Wildman–Crippen LogP) is 2.30. The number of nitrogens with one attached hydrogen (secondary N) is 3. The molecule has 1 aliphatic rings. The summed E-state index contributed by atoms with van der Waals surface area (Å²) < 4.78 is 12.9. The average molecular weight is 417 g/mol. The molecule has 1 aromatic carbocycles. The van der Waals surface area contributed by atoms with Crippen molar-refractivity contribution in [2.24, 2.45) is 9.98 Å². The maximum Gasteiger partial charge on any atom is 0.287 e. The molecule has 0 atom stereocenters. The summed E-state index contributed by atoms with van der Waals surface area (Å²) in [6, 6.07) is 8.50. The van der Waals surface area contributed by atoms with E-state index in [4.69, 9.17) is 5.41 Å². The number of thiophene rings is 1. The second-order valence-corrected chi connectivity index (χ2v) is 7.22. The van der Waals surface area contributed by atoms with Crippen LogP contribution in [0.1, 0.15) is 9.67 Å². The van der Waals surface area contributed by atoms with Crippen molar-refractivity contribution in [1.82, 2.24) is 5.32 Å². The number of carbonyl (C=O) groups is 3. The Labute approximate surface area is 166 Å². The van der Waals surface area contributed by atoms with Crippen LogP contribution >= 0.6 is 23.1 Å². The van der Waals surface area contributed by atoms with Gasteiger partial charge in [0.25, 0.3) is 11.8 Å². The number of amidine groups is 2. The van der Waals surface area contributed by atoms with Gasteiger partial charge in [0.2, 0.25) is 5.91 Å². The molecule has 11 heteroatoms. The first kappa shape index (κ1) is 19.6. The Bertz CT molecular complexity index is 1000. The largest absolute Gasteiger partial charge is 0.325 e. The predicted molar refractivity (Wildman–Crippen MR) is 107 cm³/mol. The Morgan fingerprint density at radius 1 is 1.29 bits per heavy atom. The first-order valence-corrected chi connectivity index (χ1v) is 9.62. The van der Waals surface area contributed by atoms with E-state index >= 15 is 0 Å². The fourth-order valence-corrected chi connectivity index (χ4v) is 3.31. The second kappa shape index (κ2) is 8.67. The highest BCUT2D eigenvalue weighted by molar-refractivity contribution is 8.14. The van der Waals surface area contributed by atoms with E-state index in [2.05, 4.69) is 20.6 Å². The molecule has 8 nitrogen and oxygen atoms in total. The smallest absolute Gasteiger partial charge is 0.287 e. The molecule has 3 N–H and O–H groups in total. The van der Waals surface area contributed by atoms with Crippen LogP contribution in [0.5, 0.6) is 0 Å². The molecule has 3 rings (SSSR count). The summed E-state index contributed by atoms with van der Waals surface area (Å²) in [4.78, 5) is 43.9. The van der Waals surface area contributed by atoms with Gasteiger partial charge in [-0.1, -0.05) is 17.8 Å². The maximum absolute atomic E-state index is 12.9. The van der Waals surface area contributed by atoms with E-state index in [0.717, 1.165) is 11.8 Å². The number of amides is 3. The molecule has 0 spiro atoms. The van der Waals surface area contributed by atoms with Gasteiger partial charge in [-0.15, -0.1) is 11.3 Å². The number of hydrogen-bond acceptors (Lipinski definition) is 6. The number of nitrogens with zero attached hydrogens (tertiary/aromatic N) is 2. The van der Waals surface area contributed by atoms with Gasteiger partial charge in [-0.25, -0.2) is 9.38 Å². The van der Waals surface area contributed by atoms with Gasteiger partial charge in [0, 0.05) is 5.69 Å². The van der Waals surface area contributed by atoms with E-state index in [0.29, 0.717) is 10.6 Å². The summed E-state index contributed by atoms with van der Waals surface area (Å²) in [6.45, 7) is 0. The van der Waals surface area contributed by atoms with E-state index in [-0.39, 0.29) is 10.9 Å². The topological polar surface area (TPSA) is 124 Å². The van der Waals surface area contributed by atoms with Crippen molar-refractivity contribution in [2.75, 3.05) is 11.1 Å². The lowest BCUT2D eigenvalue weighted by atomic mass is 10.3. The molecule has 0 radical (unpaired) electrons. The van der Waals surface area contributed by atoms with Crippen molar-refractivity contribution in [2.45, 2.75) is 0 Å². The maximum atomic E-state index is 12.9. The lowest BCUT2D eigenvalue weighted by Crippen LogP contribution is -2.43. The Hall–Kier alpha value is -3.18. The number of hydrogen-bond donors (Lipinski definition) is 3. The molecule has 1 aromatic heterocycles. The summed E-state index contributed by atoms with van der Waals surface area (Å²) in [7, 11) is 0. The summed E-state index contributed by atoms with van der Waals surface area (Å²) in [5.74, 6) is -2.74. The van der Waals surface area contributed by atoms with E-state index in [1.165, 1.54) is 35.6 Å². The van der Waals surface area contributed by atoms with Crippen LogP contribution in [-0.2, 0) is 9.59 Å². The zero-order chi connectivity index (χ0) is 20.1. The van der Waals surface area contributed by atoms with Gasteiger partial charge in [0.1, 0.15) is 5.82 Å². The third-order valence-electron chi connectivity index (χ3n) is 3.29. The minimum absolute atomic E-state index is 0.0479. The minimum atomic E-state index is -0.744. The van der Waals surface area contributed by atoms with Crippen LogP contribution in [0.4, 0.5) is 10.1 Å². The summed E-state index contributed by atoms with van der Waals surface area (Å²) in [5, 5.41) is 14.5. The molecule has 0 aliphatic carbocycles. The third-order valence-corrected chi connectivity index (χ3v) is 5.02. The highest BCUT2D eigenvalue weighted by Crippen LogP contribution is 2.13. The molecular formula is C17H12FN5O3S2. The lowest BCUT2D eigenvalue weighted by Gasteiger charge is -2.14. The first-order valence-electron chi connectivity index (χ1n) is 7.76. The quantitative estimate of drug-likeness (QED) is 0.706. The van der Waals surface area contributed by atoms with Crippen LogP contribution in [0.2, 0.25) is 0 Å². The van der Waals surface area contributed by atoms with Crippen molar-refractivity contribution in [3.8, 4) is 0 Å². The SMILES string of the molecule is N=C1N=C(SCC(=O)Nc2ccc(F)cc2)NC(=O)C1=NC(=O)c1cccs1. The normalized spacial score (nSPS) is 15.2. The first-order chi connectivity index (χ1) is 13.4. The van der Waals surface area contributed by atoms with Crippen molar-refractivity contribution in [1.29, 1.82) is 5.41 Å². The molecule has 28 heavy (non-hydrogen) atoms. The number of thioether (sulfide) groups is 1. The van der Waals surface area contributed by atoms with Crippen LogP contribution < -0.4 is 10.6 Å². The molecule has 2 aromatic rings. The number of aliphatic imine (C=N–C) groups is 2. The van der Waals surface area contributed by atoms with E-state index in [9.17, 15) is 18.8 Å². The Morgan fingerprint density at radius 2 is 2.04 bits per heavy atom. The van der Waals surface area contributed by atoms with Crippen molar-refractivity contribution < 1.29 is 18.8 Å². The van der Waals surface area contributed by atoms with Crippen LogP contribution in [0.3, 0.4) is 0 Å². The lowest BCUT2D eigenvalue weighted by molar-refractivity contribution is -0.114. The fourth-order valence-electron chi connectivity index (χ4n) is 2.04. The van der Waals surface area contributed by atoms with Gasteiger partial charge >= 0.3 is 0 Å². The van der Waals surface area contributed by atoms with Gasteiger partial charge in [-0.05, 0) is 35.7 Å². The van der Waals surface area contributed by atoms with Gasteiger partial charge < -0.3 is 5.32 Å². The zero-order valence-corrected chi connectivity index (χ0v) is 15.7. The fraction of sp³-hybridized carbons (Fsp3) is 0.0588.